The van der Waals surface area contributed by atoms with E-state index in [0.717, 1.165) is 11.3 Å². The monoisotopic (exact) mass is 160 g/mol. The molecule has 0 nitrogen and oxygen atoms in total. The molecule has 0 aliphatic heterocycles. The van der Waals surface area contributed by atoms with Gasteiger partial charge in [0.15, 0.2) is 0 Å². The van der Waals surface area contributed by atoms with E-state index in [2.05, 4.69) is 13.0 Å². The van der Waals surface area contributed by atoms with Gasteiger partial charge < -0.3 is 0 Å². The molecule has 4 rings (SSSR count). The average Bonchev–Trinajstić information content (AvgIpc) is 2.52. The second-order valence-corrected chi connectivity index (χ2v) is 5.59. The highest BCUT2D eigenvalue weighted by Crippen LogP contribution is 2.84. The summed E-state index contributed by atoms with van der Waals surface area (Å²) in [5.74, 6) is 4.63. The molecule has 0 heteroatoms. The summed E-state index contributed by atoms with van der Waals surface area (Å²) in [5.41, 5.74) is 2.56. The van der Waals surface area contributed by atoms with Gasteiger partial charge in [-0.3, -0.25) is 0 Å². The Hall–Kier alpha value is -0.260. The molecule has 0 aromatic heterocycles. The van der Waals surface area contributed by atoms with E-state index in [0.29, 0.717) is 0 Å². The van der Waals surface area contributed by atoms with Crippen LogP contribution in [0.3, 0.4) is 0 Å². The zero-order valence-electron chi connectivity index (χ0n) is 7.72. The fourth-order valence-corrected chi connectivity index (χ4v) is 4.56. The van der Waals surface area contributed by atoms with Crippen LogP contribution >= 0.6 is 0 Å². The highest BCUT2D eigenvalue weighted by Gasteiger charge is 2.78. The van der Waals surface area contributed by atoms with Crippen LogP contribution in [0.1, 0.15) is 32.6 Å². The molecule has 0 heterocycles. The van der Waals surface area contributed by atoms with E-state index < -0.39 is 0 Å². The lowest BCUT2D eigenvalue weighted by atomic mass is 9.48. The van der Waals surface area contributed by atoms with E-state index >= 15 is 0 Å². The number of fused-ring (bicyclic) bond motifs is 4. The van der Waals surface area contributed by atoms with Gasteiger partial charge in [0.25, 0.3) is 0 Å². The van der Waals surface area contributed by atoms with Gasteiger partial charge in [-0.1, -0.05) is 11.6 Å². The van der Waals surface area contributed by atoms with Crippen molar-refractivity contribution in [1.29, 1.82) is 0 Å². The van der Waals surface area contributed by atoms with E-state index in [1.807, 2.05) is 0 Å². The molecule has 0 amide bonds. The van der Waals surface area contributed by atoms with Crippen LogP contribution in [0, 0.1) is 29.1 Å². The van der Waals surface area contributed by atoms with Crippen molar-refractivity contribution in [2.24, 2.45) is 29.1 Å². The number of hydrogen-bond acceptors (Lipinski definition) is 0. The molecule has 3 fully saturated rings. The predicted molar refractivity (Wildman–Crippen MR) is 48.6 cm³/mol. The SMILES string of the molecule is CC1=CC(C23CC2C2CCC23)C1. The molecule has 12 heavy (non-hydrogen) atoms. The van der Waals surface area contributed by atoms with Crippen molar-refractivity contribution in [3.63, 3.8) is 0 Å². The first-order valence-electron chi connectivity index (χ1n) is 5.49. The van der Waals surface area contributed by atoms with Crippen molar-refractivity contribution in [2.45, 2.75) is 32.6 Å². The molecule has 0 aromatic carbocycles. The first-order valence-corrected chi connectivity index (χ1v) is 5.49. The van der Waals surface area contributed by atoms with E-state index in [1.54, 1.807) is 24.8 Å². The topological polar surface area (TPSA) is 0 Å². The van der Waals surface area contributed by atoms with E-state index in [4.69, 9.17) is 0 Å². The highest BCUT2D eigenvalue weighted by atomic mass is 14.8. The Balaban J connectivity index is 1.64. The smallest absolute Gasteiger partial charge is 0.0132 e. The van der Waals surface area contributed by atoms with Crippen LogP contribution in [0.2, 0.25) is 0 Å². The van der Waals surface area contributed by atoms with Crippen LogP contribution in [-0.2, 0) is 0 Å². The summed E-state index contributed by atoms with van der Waals surface area (Å²) in [4.78, 5) is 0. The first-order chi connectivity index (χ1) is 5.82. The van der Waals surface area contributed by atoms with Crippen LogP contribution in [0.4, 0.5) is 0 Å². The molecule has 0 radical (unpaired) electrons. The third-order valence-corrected chi connectivity index (χ3v) is 5.36. The molecule has 4 aliphatic rings. The summed E-state index contributed by atoms with van der Waals surface area (Å²) < 4.78 is 0. The van der Waals surface area contributed by atoms with Gasteiger partial charge in [-0.05, 0) is 61.7 Å². The third kappa shape index (κ3) is 0.427. The van der Waals surface area contributed by atoms with Gasteiger partial charge in [-0.25, -0.2) is 0 Å². The van der Waals surface area contributed by atoms with E-state index in [1.165, 1.54) is 24.2 Å². The summed E-state index contributed by atoms with van der Waals surface area (Å²) in [6.07, 6.45) is 8.77. The summed E-state index contributed by atoms with van der Waals surface area (Å²) in [5, 5.41) is 0. The van der Waals surface area contributed by atoms with E-state index in [-0.39, 0.29) is 0 Å². The highest BCUT2D eigenvalue weighted by molar-refractivity contribution is 5.33. The summed E-state index contributed by atoms with van der Waals surface area (Å²) in [7, 11) is 0. The van der Waals surface area contributed by atoms with Crippen LogP contribution in [0.25, 0.3) is 0 Å². The van der Waals surface area contributed by atoms with Crippen molar-refractivity contribution in [2.75, 3.05) is 0 Å². The molecule has 5 atom stereocenters. The average molecular weight is 160 g/mol. The number of allylic oxidation sites excluding steroid dienone is 2. The number of rotatable bonds is 1. The molecule has 0 aromatic rings. The Labute approximate surface area is 74.0 Å². The minimum Gasteiger partial charge on any atom is -0.0816 e. The minimum atomic E-state index is 0.905. The molecule has 64 valence electrons. The molecule has 4 aliphatic carbocycles. The van der Waals surface area contributed by atoms with Crippen LogP contribution in [-0.4, -0.2) is 0 Å². The van der Waals surface area contributed by atoms with Gasteiger partial charge in [0.2, 0.25) is 0 Å². The molecule has 0 bridgehead atoms. The minimum absolute atomic E-state index is 0.905. The molecular weight excluding hydrogens is 144 g/mol. The quantitative estimate of drug-likeness (QED) is 0.517. The second-order valence-electron chi connectivity index (χ2n) is 5.59. The van der Waals surface area contributed by atoms with E-state index in [9.17, 15) is 0 Å². The van der Waals surface area contributed by atoms with Crippen molar-refractivity contribution in [1.82, 2.24) is 0 Å². The fourth-order valence-electron chi connectivity index (χ4n) is 4.56. The van der Waals surface area contributed by atoms with Gasteiger partial charge >= 0.3 is 0 Å². The number of hydrogen-bond donors (Lipinski definition) is 0. The Kier molecular flexibility index (Phi) is 0.799. The van der Waals surface area contributed by atoms with Crippen LogP contribution < -0.4 is 0 Å². The lowest BCUT2D eigenvalue weighted by molar-refractivity contribution is -0.0633. The van der Waals surface area contributed by atoms with Gasteiger partial charge in [-0.2, -0.15) is 0 Å². The zero-order valence-corrected chi connectivity index (χ0v) is 7.72. The lowest BCUT2D eigenvalue weighted by Crippen LogP contribution is -2.50. The summed E-state index contributed by atoms with van der Waals surface area (Å²) in [6.45, 7) is 2.29. The second kappa shape index (κ2) is 1.54. The van der Waals surface area contributed by atoms with Gasteiger partial charge in [0, 0.05) is 0 Å². The fraction of sp³-hybridized carbons (Fsp3) is 0.833. The Morgan fingerprint density at radius 1 is 1.33 bits per heavy atom. The molecule has 3 saturated carbocycles. The summed E-state index contributed by atoms with van der Waals surface area (Å²) >= 11 is 0. The molecule has 0 N–H and O–H groups in total. The van der Waals surface area contributed by atoms with Crippen LogP contribution in [0.5, 0.6) is 0 Å². The standard InChI is InChI=1S/C12H16/c1-7-4-8(5-7)12-6-11(12)9-2-3-10(9)12/h4,8-11H,2-3,5-6H2,1H3. The normalized spacial score (nSPS) is 64.6. The molecule has 5 unspecified atom stereocenters. The molecule has 0 saturated heterocycles. The van der Waals surface area contributed by atoms with Gasteiger partial charge in [0.1, 0.15) is 0 Å². The van der Waals surface area contributed by atoms with Gasteiger partial charge in [0.05, 0.1) is 0 Å². The van der Waals surface area contributed by atoms with Crippen molar-refractivity contribution in [3.8, 4) is 0 Å². The van der Waals surface area contributed by atoms with Crippen molar-refractivity contribution in [3.05, 3.63) is 11.6 Å². The zero-order chi connectivity index (χ0) is 7.92. The maximum atomic E-state index is 2.56. The Morgan fingerprint density at radius 2 is 2.17 bits per heavy atom. The summed E-state index contributed by atoms with van der Waals surface area (Å²) in [6, 6.07) is 0. The predicted octanol–water partition coefficient (Wildman–Crippen LogP) is 3.00. The maximum absolute atomic E-state index is 2.56. The largest absolute Gasteiger partial charge is 0.0816 e. The van der Waals surface area contributed by atoms with Gasteiger partial charge in [-0.15, -0.1) is 0 Å². The maximum Gasteiger partial charge on any atom is -0.0132 e. The molecular formula is C12H16. The first kappa shape index (κ1) is 6.23. The Morgan fingerprint density at radius 3 is 2.67 bits per heavy atom. The Bertz CT molecular complexity index is 288. The lowest BCUT2D eigenvalue weighted by Gasteiger charge is -2.56. The van der Waals surface area contributed by atoms with Crippen LogP contribution in [0.15, 0.2) is 11.6 Å². The third-order valence-electron chi connectivity index (χ3n) is 5.36. The van der Waals surface area contributed by atoms with Crippen molar-refractivity contribution < 1.29 is 0 Å². The molecule has 0 spiro atoms. The van der Waals surface area contributed by atoms with Crippen molar-refractivity contribution >= 4 is 0 Å².